The van der Waals surface area contributed by atoms with Gasteiger partial charge in [-0.2, -0.15) is 10.2 Å². The fourth-order valence-electron chi connectivity index (χ4n) is 3.86. The molecule has 1 aromatic carbocycles. The van der Waals surface area contributed by atoms with E-state index in [2.05, 4.69) is 30.8 Å². The maximum atomic E-state index is 12.9. The number of nitrogens with one attached hydrogen (secondary N) is 3. The highest BCUT2D eigenvalue weighted by atomic mass is 16.2. The smallest absolute Gasteiger partial charge is 0.264 e. The number of aromatic nitrogens is 4. The second kappa shape index (κ2) is 9.78. The van der Waals surface area contributed by atoms with E-state index in [1.165, 1.54) is 29.4 Å². The molecule has 1 saturated heterocycles. The van der Waals surface area contributed by atoms with E-state index in [4.69, 9.17) is 0 Å². The molecule has 2 amide bonds. The summed E-state index contributed by atoms with van der Waals surface area (Å²) in [5.41, 5.74) is 2.77. The number of hydrogen-bond donors (Lipinski definition) is 3. The van der Waals surface area contributed by atoms with Gasteiger partial charge in [0.25, 0.3) is 11.5 Å². The average Bonchev–Trinajstić information content (AvgIpc) is 3.18. The zero-order valence-corrected chi connectivity index (χ0v) is 18.7. The third kappa shape index (κ3) is 5.35. The lowest BCUT2D eigenvalue weighted by Gasteiger charge is -2.25. The number of rotatable bonds is 6. The van der Waals surface area contributed by atoms with Crippen LogP contribution < -0.4 is 16.2 Å². The molecular weight excluding hydrogens is 422 g/mol. The molecule has 2 aromatic heterocycles. The van der Waals surface area contributed by atoms with E-state index in [1.807, 2.05) is 13.0 Å². The summed E-state index contributed by atoms with van der Waals surface area (Å²) in [6.45, 7) is 5.92. The van der Waals surface area contributed by atoms with Gasteiger partial charge in [-0.05, 0) is 63.5 Å². The van der Waals surface area contributed by atoms with Crippen LogP contribution in [0.2, 0.25) is 0 Å². The lowest BCUT2D eigenvalue weighted by molar-refractivity contribution is -0.117. The van der Waals surface area contributed by atoms with Crippen LogP contribution in [-0.2, 0) is 4.79 Å². The lowest BCUT2D eigenvalue weighted by atomic mass is 10.1. The SMILES string of the molecule is Cc1ccc(NC(=O)c2cnn(-c3ccc(=O)[nH]n3)c2C)cc1NC(=O)CN1CCCCC1. The van der Waals surface area contributed by atoms with Crippen molar-refractivity contribution in [2.24, 2.45) is 0 Å². The van der Waals surface area contributed by atoms with Crippen LogP contribution in [0.4, 0.5) is 11.4 Å². The van der Waals surface area contributed by atoms with E-state index in [-0.39, 0.29) is 17.4 Å². The minimum Gasteiger partial charge on any atom is -0.325 e. The molecule has 1 aliphatic rings. The van der Waals surface area contributed by atoms with Crippen LogP contribution in [0.5, 0.6) is 0 Å². The van der Waals surface area contributed by atoms with Gasteiger partial charge in [0.05, 0.1) is 24.0 Å². The Hall–Kier alpha value is -3.79. The molecule has 1 aliphatic heterocycles. The first-order valence-corrected chi connectivity index (χ1v) is 11.0. The van der Waals surface area contributed by atoms with Gasteiger partial charge in [-0.25, -0.2) is 9.78 Å². The maximum Gasteiger partial charge on any atom is 0.264 e. The van der Waals surface area contributed by atoms with Gasteiger partial charge < -0.3 is 10.6 Å². The van der Waals surface area contributed by atoms with Crippen molar-refractivity contribution in [1.29, 1.82) is 0 Å². The first-order chi connectivity index (χ1) is 15.9. The van der Waals surface area contributed by atoms with Crippen LogP contribution >= 0.6 is 0 Å². The first-order valence-electron chi connectivity index (χ1n) is 11.0. The molecule has 10 nitrogen and oxygen atoms in total. The summed E-state index contributed by atoms with van der Waals surface area (Å²) >= 11 is 0. The van der Waals surface area contributed by atoms with Crippen molar-refractivity contribution in [3.8, 4) is 5.82 Å². The van der Waals surface area contributed by atoms with Crippen molar-refractivity contribution in [1.82, 2.24) is 24.9 Å². The summed E-state index contributed by atoms with van der Waals surface area (Å²) in [5, 5.41) is 16.3. The van der Waals surface area contributed by atoms with Crippen LogP contribution in [0.1, 0.15) is 40.9 Å². The third-order valence-electron chi connectivity index (χ3n) is 5.72. The van der Waals surface area contributed by atoms with Gasteiger partial charge in [0.15, 0.2) is 5.82 Å². The summed E-state index contributed by atoms with van der Waals surface area (Å²) in [4.78, 5) is 38.8. The molecule has 0 saturated carbocycles. The van der Waals surface area contributed by atoms with Crippen molar-refractivity contribution in [2.75, 3.05) is 30.3 Å². The topological polar surface area (TPSA) is 125 Å². The van der Waals surface area contributed by atoms with Crippen LogP contribution in [0.15, 0.2) is 41.3 Å². The minimum atomic E-state index is -0.336. The Bertz CT molecular complexity index is 1200. The van der Waals surface area contributed by atoms with Gasteiger partial charge in [0.1, 0.15) is 0 Å². The fraction of sp³-hybridized carbons (Fsp3) is 0.348. The number of carbonyl (C=O) groups excluding carboxylic acids is 2. The number of benzene rings is 1. The molecule has 0 bridgehead atoms. The van der Waals surface area contributed by atoms with E-state index < -0.39 is 0 Å². The number of piperidine rings is 1. The second-order valence-electron chi connectivity index (χ2n) is 8.20. The van der Waals surface area contributed by atoms with Crippen LogP contribution in [-0.4, -0.2) is 56.3 Å². The van der Waals surface area contributed by atoms with Gasteiger partial charge in [0.2, 0.25) is 5.91 Å². The number of H-pyrrole nitrogens is 1. The average molecular weight is 450 g/mol. The molecule has 0 aliphatic carbocycles. The van der Waals surface area contributed by atoms with Crippen LogP contribution in [0.25, 0.3) is 5.82 Å². The Morgan fingerprint density at radius 2 is 1.85 bits per heavy atom. The van der Waals surface area contributed by atoms with Gasteiger partial charge >= 0.3 is 0 Å². The second-order valence-corrected chi connectivity index (χ2v) is 8.20. The molecule has 3 N–H and O–H groups in total. The lowest BCUT2D eigenvalue weighted by Crippen LogP contribution is -2.36. The van der Waals surface area contributed by atoms with E-state index >= 15 is 0 Å². The predicted molar refractivity (Wildman–Crippen MR) is 125 cm³/mol. The highest BCUT2D eigenvalue weighted by Crippen LogP contribution is 2.22. The number of likely N-dealkylation sites (tertiary alicyclic amines) is 1. The highest BCUT2D eigenvalue weighted by Gasteiger charge is 2.18. The number of hydrogen-bond acceptors (Lipinski definition) is 6. The molecule has 33 heavy (non-hydrogen) atoms. The Labute approximate surface area is 191 Å². The molecule has 0 unspecified atom stereocenters. The summed E-state index contributed by atoms with van der Waals surface area (Å²) in [6, 6.07) is 8.27. The van der Waals surface area contributed by atoms with E-state index in [0.717, 1.165) is 31.5 Å². The maximum absolute atomic E-state index is 12.9. The van der Waals surface area contributed by atoms with Crippen molar-refractivity contribution in [3.05, 3.63) is 63.7 Å². The monoisotopic (exact) mass is 449 g/mol. The molecule has 0 spiro atoms. The zero-order chi connectivity index (χ0) is 23.4. The van der Waals surface area contributed by atoms with Crippen molar-refractivity contribution in [2.45, 2.75) is 33.1 Å². The normalized spacial score (nSPS) is 14.1. The number of anilines is 2. The number of aromatic amines is 1. The molecule has 1 fully saturated rings. The van der Waals surface area contributed by atoms with E-state index in [0.29, 0.717) is 35.0 Å². The largest absolute Gasteiger partial charge is 0.325 e. The molecule has 3 heterocycles. The minimum absolute atomic E-state index is 0.0611. The molecular formula is C23H27N7O3. The number of aryl methyl sites for hydroxylation is 1. The van der Waals surface area contributed by atoms with Gasteiger partial charge in [-0.15, -0.1) is 0 Å². The highest BCUT2D eigenvalue weighted by molar-refractivity contribution is 6.05. The van der Waals surface area contributed by atoms with E-state index in [9.17, 15) is 14.4 Å². The van der Waals surface area contributed by atoms with Gasteiger partial charge in [-0.3, -0.25) is 19.3 Å². The Morgan fingerprint density at radius 3 is 2.58 bits per heavy atom. The third-order valence-corrected chi connectivity index (χ3v) is 5.72. The number of carbonyl (C=O) groups is 2. The molecule has 10 heteroatoms. The number of amides is 2. The summed E-state index contributed by atoms with van der Waals surface area (Å²) in [6.07, 6.45) is 4.93. The molecule has 4 rings (SSSR count). The quantitative estimate of drug-likeness (QED) is 0.530. The summed E-state index contributed by atoms with van der Waals surface area (Å²) in [5.74, 6) is 0.00631. The first kappa shape index (κ1) is 22.4. The van der Waals surface area contributed by atoms with Crippen molar-refractivity contribution < 1.29 is 9.59 Å². The summed E-state index contributed by atoms with van der Waals surface area (Å²) < 4.78 is 1.48. The summed E-state index contributed by atoms with van der Waals surface area (Å²) in [7, 11) is 0. The standard InChI is InChI=1S/C23H27N7O3/c1-15-6-7-17(12-19(15)26-22(32)14-29-10-4-3-5-11-29)25-23(33)18-13-24-30(16(18)2)20-8-9-21(31)28-27-20/h6-9,12-13H,3-5,10-11,14H2,1-2H3,(H,25,33)(H,26,32)(H,28,31). The van der Waals surface area contributed by atoms with Crippen molar-refractivity contribution in [3.63, 3.8) is 0 Å². The predicted octanol–water partition coefficient (Wildman–Crippen LogP) is 2.25. The molecule has 0 atom stereocenters. The fourth-order valence-corrected chi connectivity index (χ4v) is 3.86. The Balaban J connectivity index is 1.45. The zero-order valence-electron chi connectivity index (χ0n) is 18.7. The molecule has 3 aromatic rings. The van der Waals surface area contributed by atoms with Crippen LogP contribution in [0.3, 0.4) is 0 Å². The number of nitrogens with zero attached hydrogens (tertiary/aromatic N) is 4. The Morgan fingerprint density at radius 1 is 1.06 bits per heavy atom. The van der Waals surface area contributed by atoms with Gasteiger partial charge in [0, 0.05) is 17.4 Å². The molecule has 172 valence electrons. The Kier molecular flexibility index (Phi) is 6.64. The van der Waals surface area contributed by atoms with Crippen molar-refractivity contribution >= 4 is 23.2 Å². The van der Waals surface area contributed by atoms with Crippen LogP contribution in [0, 0.1) is 13.8 Å². The van der Waals surface area contributed by atoms with E-state index in [1.54, 1.807) is 19.1 Å². The molecule has 0 radical (unpaired) electrons. The van der Waals surface area contributed by atoms with Gasteiger partial charge in [-0.1, -0.05) is 12.5 Å².